The van der Waals surface area contributed by atoms with E-state index in [1.54, 1.807) is 18.2 Å². The topological polar surface area (TPSA) is 48.8 Å². The highest BCUT2D eigenvalue weighted by Crippen LogP contribution is 2.16. The summed E-state index contributed by atoms with van der Waals surface area (Å²) in [5.41, 5.74) is 0. The van der Waals surface area contributed by atoms with Crippen LogP contribution in [0.2, 0.25) is 0 Å². The smallest absolute Gasteiger partial charge is 0.165 e. The second-order valence-electron chi connectivity index (χ2n) is 6.22. The van der Waals surface area contributed by atoms with Crippen LogP contribution in [0.3, 0.4) is 0 Å². The minimum atomic E-state index is -0.652. The van der Waals surface area contributed by atoms with Gasteiger partial charge in [-0.2, -0.15) is 0 Å². The molecule has 0 amide bonds. The summed E-state index contributed by atoms with van der Waals surface area (Å²) >= 11 is 0. The van der Waals surface area contributed by atoms with Crippen LogP contribution in [-0.4, -0.2) is 60.4 Å². The zero-order valence-corrected chi connectivity index (χ0v) is 14.2. The maximum Gasteiger partial charge on any atom is 0.165 e. The first-order chi connectivity index (χ1) is 12.2. The number of hydrogen-bond acceptors (Lipinski definition) is 5. The average Bonchev–Trinajstić information content (AvgIpc) is 2.87. The maximum atomic E-state index is 13.5. The van der Waals surface area contributed by atoms with E-state index in [0.717, 1.165) is 38.4 Å². The Kier molecular flexibility index (Phi) is 6.19. The number of ether oxygens (including phenoxy) is 1. The van der Waals surface area contributed by atoms with Gasteiger partial charge < -0.3 is 14.7 Å². The normalized spacial score (nSPS) is 17.1. The largest absolute Gasteiger partial charge is 0.488 e. The number of para-hydroxylation sites is 1. The van der Waals surface area contributed by atoms with Crippen LogP contribution in [0.1, 0.15) is 6.42 Å². The van der Waals surface area contributed by atoms with E-state index >= 15 is 0 Å². The van der Waals surface area contributed by atoms with Crippen LogP contribution in [-0.2, 0) is 0 Å². The van der Waals surface area contributed by atoms with Crippen LogP contribution in [0.5, 0.6) is 5.75 Å². The fourth-order valence-electron chi connectivity index (χ4n) is 3.02. The molecule has 2 aromatic rings. The Morgan fingerprint density at radius 2 is 1.92 bits per heavy atom. The SMILES string of the molecule is OC(COc1ccccc1F)CN1CCCN(c2ccccn2)CC1. The van der Waals surface area contributed by atoms with Gasteiger partial charge in [-0.25, -0.2) is 9.37 Å². The van der Waals surface area contributed by atoms with E-state index in [9.17, 15) is 9.50 Å². The highest BCUT2D eigenvalue weighted by Gasteiger charge is 2.18. The van der Waals surface area contributed by atoms with Gasteiger partial charge in [0.05, 0.1) is 0 Å². The lowest BCUT2D eigenvalue weighted by molar-refractivity contribution is 0.0690. The van der Waals surface area contributed by atoms with Crippen LogP contribution in [0.25, 0.3) is 0 Å². The molecule has 1 atom stereocenters. The minimum absolute atomic E-state index is 0.0847. The predicted molar refractivity (Wildman–Crippen MR) is 95.4 cm³/mol. The summed E-state index contributed by atoms with van der Waals surface area (Å²) in [4.78, 5) is 8.89. The van der Waals surface area contributed by atoms with Gasteiger partial charge in [0.2, 0.25) is 0 Å². The Morgan fingerprint density at radius 3 is 2.72 bits per heavy atom. The molecule has 3 rings (SSSR count). The lowest BCUT2D eigenvalue weighted by Crippen LogP contribution is -2.38. The molecule has 1 fully saturated rings. The van der Waals surface area contributed by atoms with Crippen LogP contribution < -0.4 is 9.64 Å². The zero-order valence-electron chi connectivity index (χ0n) is 14.2. The van der Waals surface area contributed by atoms with Crippen molar-refractivity contribution in [3.05, 3.63) is 54.5 Å². The second-order valence-corrected chi connectivity index (χ2v) is 6.22. The van der Waals surface area contributed by atoms with Crippen LogP contribution >= 0.6 is 0 Å². The Hall–Kier alpha value is -2.18. The highest BCUT2D eigenvalue weighted by molar-refractivity contribution is 5.37. The van der Waals surface area contributed by atoms with E-state index in [-0.39, 0.29) is 12.4 Å². The molecule has 0 aliphatic carbocycles. The van der Waals surface area contributed by atoms with Gasteiger partial charge in [0.25, 0.3) is 0 Å². The van der Waals surface area contributed by atoms with Gasteiger partial charge in [-0.1, -0.05) is 18.2 Å². The third kappa shape index (κ3) is 5.14. The fourth-order valence-corrected chi connectivity index (χ4v) is 3.02. The molecule has 1 aromatic carbocycles. The molecule has 1 saturated heterocycles. The summed E-state index contributed by atoms with van der Waals surface area (Å²) in [7, 11) is 0. The van der Waals surface area contributed by atoms with Crippen molar-refractivity contribution >= 4 is 5.82 Å². The molecule has 1 aliphatic heterocycles. The number of aromatic nitrogens is 1. The van der Waals surface area contributed by atoms with Crippen molar-refractivity contribution in [3.8, 4) is 5.75 Å². The predicted octanol–water partition coefficient (Wildman–Crippen LogP) is 2.17. The summed E-state index contributed by atoms with van der Waals surface area (Å²) in [5, 5.41) is 10.2. The van der Waals surface area contributed by atoms with Crippen molar-refractivity contribution in [1.82, 2.24) is 9.88 Å². The van der Waals surface area contributed by atoms with Gasteiger partial charge in [-0.05, 0) is 37.2 Å². The molecule has 0 saturated carbocycles. The zero-order chi connectivity index (χ0) is 17.5. The number of benzene rings is 1. The van der Waals surface area contributed by atoms with Crippen molar-refractivity contribution < 1.29 is 14.2 Å². The summed E-state index contributed by atoms with van der Waals surface area (Å²) in [6.07, 6.45) is 2.17. The van der Waals surface area contributed by atoms with Crippen molar-refractivity contribution in [2.24, 2.45) is 0 Å². The Balaban J connectivity index is 1.46. The van der Waals surface area contributed by atoms with Crippen molar-refractivity contribution in [2.75, 3.05) is 44.2 Å². The molecule has 0 bridgehead atoms. The summed E-state index contributed by atoms with van der Waals surface area (Å²) in [6.45, 7) is 4.20. The van der Waals surface area contributed by atoms with Crippen LogP contribution in [0.15, 0.2) is 48.7 Å². The molecular formula is C19H24FN3O2. The number of anilines is 1. The Bertz CT molecular complexity index is 656. The molecule has 0 radical (unpaired) electrons. The number of aliphatic hydroxyl groups is 1. The van der Waals surface area contributed by atoms with E-state index < -0.39 is 11.9 Å². The Morgan fingerprint density at radius 1 is 1.08 bits per heavy atom. The van der Waals surface area contributed by atoms with Crippen molar-refractivity contribution in [1.29, 1.82) is 0 Å². The summed E-state index contributed by atoms with van der Waals surface area (Å²) < 4.78 is 18.9. The first kappa shape index (κ1) is 17.6. The Labute approximate surface area is 147 Å². The van der Waals surface area contributed by atoms with Gasteiger partial charge in [-0.15, -0.1) is 0 Å². The van der Waals surface area contributed by atoms with E-state index in [1.807, 2.05) is 24.4 Å². The molecule has 1 aromatic heterocycles. The number of nitrogens with zero attached hydrogens (tertiary/aromatic N) is 3. The fraction of sp³-hybridized carbons (Fsp3) is 0.421. The van der Waals surface area contributed by atoms with E-state index in [4.69, 9.17) is 4.74 Å². The number of β-amino-alcohol motifs (C(OH)–C–C–N with tert-alkyl or cyclic N) is 1. The molecule has 2 heterocycles. The third-order valence-electron chi connectivity index (χ3n) is 4.30. The van der Waals surface area contributed by atoms with Crippen molar-refractivity contribution in [2.45, 2.75) is 12.5 Å². The standard InChI is InChI=1S/C19H24FN3O2/c20-17-6-1-2-7-18(17)25-15-16(24)14-22-10-5-11-23(13-12-22)19-8-3-4-9-21-19/h1-4,6-9,16,24H,5,10-15H2. The van der Waals surface area contributed by atoms with E-state index in [2.05, 4.69) is 14.8 Å². The van der Waals surface area contributed by atoms with Gasteiger partial charge in [0.15, 0.2) is 11.6 Å². The minimum Gasteiger partial charge on any atom is -0.488 e. The molecule has 1 unspecified atom stereocenters. The molecule has 25 heavy (non-hydrogen) atoms. The summed E-state index contributed by atoms with van der Waals surface area (Å²) in [5.74, 6) is 0.766. The molecular weight excluding hydrogens is 321 g/mol. The molecule has 0 spiro atoms. The van der Waals surface area contributed by atoms with E-state index in [0.29, 0.717) is 6.54 Å². The number of rotatable bonds is 6. The summed E-state index contributed by atoms with van der Waals surface area (Å²) in [6, 6.07) is 12.2. The molecule has 1 aliphatic rings. The van der Waals surface area contributed by atoms with Gasteiger partial charge in [0, 0.05) is 32.4 Å². The first-order valence-corrected chi connectivity index (χ1v) is 8.66. The number of aliphatic hydroxyl groups excluding tert-OH is 1. The van der Waals surface area contributed by atoms with Crippen LogP contribution in [0.4, 0.5) is 10.2 Å². The lowest BCUT2D eigenvalue weighted by atomic mass is 10.3. The monoisotopic (exact) mass is 345 g/mol. The van der Waals surface area contributed by atoms with Crippen LogP contribution in [0, 0.1) is 5.82 Å². The van der Waals surface area contributed by atoms with Gasteiger partial charge in [0.1, 0.15) is 18.5 Å². The number of hydrogen-bond donors (Lipinski definition) is 1. The highest BCUT2D eigenvalue weighted by atomic mass is 19.1. The molecule has 1 N–H and O–H groups in total. The average molecular weight is 345 g/mol. The van der Waals surface area contributed by atoms with Crippen molar-refractivity contribution in [3.63, 3.8) is 0 Å². The number of halogens is 1. The number of pyridine rings is 1. The van der Waals surface area contributed by atoms with Gasteiger partial charge in [-0.3, -0.25) is 4.90 Å². The molecule has 134 valence electrons. The third-order valence-corrected chi connectivity index (χ3v) is 4.30. The quantitative estimate of drug-likeness (QED) is 0.870. The molecule has 6 heteroatoms. The maximum absolute atomic E-state index is 13.5. The molecule has 5 nitrogen and oxygen atoms in total. The second kappa shape index (κ2) is 8.78. The van der Waals surface area contributed by atoms with E-state index in [1.165, 1.54) is 6.07 Å². The van der Waals surface area contributed by atoms with Gasteiger partial charge >= 0.3 is 0 Å². The lowest BCUT2D eigenvalue weighted by Gasteiger charge is -2.24. The first-order valence-electron chi connectivity index (χ1n) is 8.66.